The summed E-state index contributed by atoms with van der Waals surface area (Å²) >= 11 is 0. The Morgan fingerprint density at radius 3 is 2.37 bits per heavy atom. The van der Waals surface area contributed by atoms with E-state index in [4.69, 9.17) is 4.74 Å². The zero-order valence-corrected chi connectivity index (χ0v) is 23.5. The fourth-order valence-electron chi connectivity index (χ4n) is 4.40. The van der Waals surface area contributed by atoms with E-state index in [2.05, 4.69) is 19.5 Å². The number of rotatable bonds is 8. The molecule has 0 amide bonds. The van der Waals surface area contributed by atoms with Crippen LogP contribution in [0.3, 0.4) is 0 Å². The first kappa shape index (κ1) is 28.0. The maximum Gasteiger partial charge on any atom is 0.264 e. The summed E-state index contributed by atoms with van der Waals surface area (Å²) in [5, 5.41) is 5.30. The summed E-state index contributed by atoms with van der Waals surface area (Å²) in [6.07, 6.45) is 2.56. The van der Waals surface area contributed by atoms with Crippen molar-refractivity contribution >= 4 is 42.3 Å². The van der Waals surface area contributed by atoms with Crippen LogP contribution in [-0.4, -0.2) is 45.0 Å². The Labute approximate surface area is 234 Å². The lowest BCUT2D eigenvalue weighted by atomic mass is 10.0. The largest absolute Gasteiger partial charge is 0.480 e. The second-order valence-corrected chi connectivity index (χ2v) is 12.5. The van der Waals surface area contributed by atoms with Crippen molar-refractivity contribution in [2.24, 2.45) is 7.05 Å². The molecule has 0 bridgehead atoms. The van der Waals surface area contributed by atoms with Crippen molar-refractivity contribution in [2.75, 3.05) is 22.8 Å². The Morgan fingerprint density at radius 1 is 0.878 bits per heavy atom. The lowest BCUT2D eigenvalue weighted by Gasteiger charge is -2.13. The van der Waals surface area contributed by atoms with Crippen LogP contribution in [0.25, 0.3) is 33.3 Å². The Hall–Kier alpha value is -4.56. The van der Waals surface area contributed by atoms with Crippen molar-refractivity contribution in [2.45, 2.75) is 4.90 Å². The van der Waals surface area contributed by atoms with E-state index in [1.54, 1.807) is 42.1 Å². The molecule has 3 aromatic carbocycles. The van der Waals surface area contributed by atoms with E-state index >= 15 is 0 Å². The lowest BCUT2D eigenvalue weighted by molar-refractivity contribution is 0.400. The smallest absolute Gasteiger partial charge is 0.264 e. The third kappa shape index (κ3) is 5.83. The molecule has 0 aliphatic heterocycles. The summed E-state index contributed by atoms with van der Waals surface area (Å²) in [7, 11) is -4.87. The molecule has 0 fully saturated rings. The minimum absolute atomic E-state index is 0.0558. The predicted octanol–water partition coefficient (Wildman–Crippen LogP) is 4.76. The van der Waals surface area contributed by atoms with Crippen LogP contribution in [0.5, 0.6) is 5.88 Å². The van der Waals surface area contributed by atoms with Crippen LogP contribution in [-0.2, 0) is 27.1 Å². The minimum Gasteiger partial charge on any atom is -0.480 e. The molecule has 14 heteroatoms. The Kier molecular flexibility index (Phi) is 7.13. The van der Waals surface area contributed by atoms with E-state index in [9.17, 15) is 25.6 Å². The number of nitrogens with one attached hydrogen (secondary N) is 2. The van der Waals surface area contributed by atoms with Gasteiger partial charge in [0.15, 0.2) is 0 Å². The Balaban J connectivity index is 1.57. The van der Waals surface area contributed by atoms with Gasteiger partial charge in [0.1, 0.15) is 22.2 Å². The van der Waals surface area contributed by atoms with Gasteiger partial charge in [-0.2, -0.15) is 5.10 Å². The summed E-state index contributed by atoms with van der Waals surface area (Å²) in [6.45, 7) is 0. The van der Waals surface area contributed by atoms with Crippen LogP contribution in [0.4, 0.5) is 20.2 Å². The summed E-state index contributed by atoms with van der Waals surface area (Å²) in [4.78, 5) is 3.47. The van der Waals surface area contributed by atoms with E-state index in [-0.39, 0.29) is 11.6 Å². The number of hydrogen-bond acceptors (Lipinski definition) is 7. The van der Waals surface area contributed by atoms with E-state index in [1.807, 2.05) is 12.1 Å². The molecule has 0 unspecified atom stereocenters. The topological polar surface area (TPSA) is 132 Å². The molecule has 0 aliphatic rings. The second kappa shape index (κ2) is 10.4. The first-order valence-corrected chi connectivity index (χ1v) is 15.3. The molecule has 10 nitrogen and oxygen atoms in total. The maximum atomic E-state index is 14.3. The quantitative estimate of drug-likeness (QED) is 0.263. The van der Waals surface area contributed by atoms with Crippen molar-refractivity contribution < 1.29 is 30.4 Å². The maximum absolute atomic E-state index is 14.3. The number of pyridine rings is 1. The third-order valence-corrected chi connectivity index (χ3v) is 8.08. The van der Waals surface area contributed by atoms with Crippen LogP contribution >= 0.6 is 0 Å². The number of ether oxygens (including phenoxy) is 1. The Bertz CT molecular complexity index is 2030. The fourth-order valence-corrected chi connectivity index (χ4v) is 6.07. The molecular weight excluding hydrogens is 576 g/mol. The van der Waals surface area contributed by atoms with Crippen LogP contribution < -0.4 is 14.2 Å². The van der Waals surface area contributed by atoms with Gasteiger partial charge in [0, 0.05) is 41.5 Å². The van der Waals surface area contributed by atoms with Crippen molar-refractivity contribution in [3.8, 4) is 28.3 Å². The molecule has 2 aromatic heterocycles. The number of methoxy groups -OCH3 is 1. The van der Waals surface area contributed by atoms with Gasteiger partial charge in [0.2, 0.25) is 15.9 Å². The van der Waals surface area contributed by atoms with E-state index in [0.29, 0.717) is 39.7 Å². The predicted molar refractivity (Wildman–Crippen MR) is 152 cm³/mol. The molecule has 0 radical (unpaired) electrons. The van der Waals surface area contributed by atoms with Crippen molar-refractivity contribution in [1.29, 1.82) is 0 Å². The summed E-state index contributed by atoms with van der Waals surface area (Å²) < 4.78 is 88.6. The SMILES string of the molecule is COc1ncc(-c2ccc3nn(C)c(-c4cccc(NS(C)(=O)=O)c4)c3c2)cc1NS(=O)(=O)c1ccc(F)cc1F. The number of aryl methyl sites for hydroxylation is 1. The van der Waals surface area contributed by atoms with Crippen molar-refractivity contribution in [3.05, 3.63) is 84.6 Å². The van der Waals surface area contributed by atoms with Gasteiger partial charge in [0.05, 0.1) is 24.6 Å². The van der Waals surface area contributed by atoms with Gasteiger partial charge in [-0.15, -0.1) is 0 Å². The van der Waals surface area contributed by atoms with Crippen LogP contribution in [0.15, 0.2) is 77.8 Å². The van der Waals surface area contributed by atoms with Crippen LogP contribution in [0.1, 0.15) is 0 Å². The molecule has 2 heterocycles. The molecule has 212 valence electrons. The van der Waals surface area contributed by atoms with Crippen LogP contribution in [0.2, 0.25) is 0 Å². The molecule has 41 heavy (non-hydrogen) atoms. The molecular formula is C27H23F2N5O5S2. The number of aromatic nitrogens is 3. The van der Waals surface area contributed by atoms with Gasteiger partial charge in [-0.25, -0.2) is 30.6 Å². The monoisotopic (exact) mass is 599 g/mol. The van der Waals surface area contributed by atoms with Gasteiger partial charge < -0.3 is 4.74 Å². The lowest BCUT2D eigenvalue weighted by Crippen LogP contribution is -2.15. The first-order valence-electron chi connectivity index (χ1n) is 11.9. The molecule has 0 aliphatic carbocycles. The van der Waals surface area contributed by atoms with E-state index < -0.39 is 36.6 Å². The average Bonchev–Trinajstić information content (AvgIpc) is 3.22. The molecule has 2 N–H and O–H groups in total. The van der Waals surface area contributed by atoms with Gasteiger partial charge in [0.25, 0.3) is 10.0 Å². The van der Waals surface area contributed by atoms with Crippen molar-refractivity contribution in [3.63, 3.8) is 0 Å². The fraction of sp³-hybridized carbons (Fsp3) is 0.111. The molecule has 0 saturated carbocycles. The number of hydrogen-bond donors (Lipinski definition) is 2. The standard InChI is InChI=1S/C27H23F2N5O5S2/c1-34-26(17-5-4-6-20(11-17)32-40(3,35)36)21-12-16(7-9-23(21)31-34)18-13-24(27(39-2)30-15-18)33-41(37,38)25-10-8-19(28)14-22(25)29/h4-15,32-33H,1-3H3. The molecule has 5 aromatic rings. The number of nitrogens with zero attached hydrogens (tertiary/aromatic N) is 3. The van der Waals surface area contributed by atoms with Gasteiger partial charge in [-0.3, -0.25) is 14.1 Å². The normalized spacial score (nSPS) is 11.9. The van der Waals surface area contributed by atoms with Crippen molar-refractivity contribution in [1.82, 2.24) is 14.8 Å². The number of fused-ring (bicyclic) bond motifs is 1. The van der Waals surface area contributed by atoms with Gasteiger partial charge in [-0.1, -0.05) is 18.2 Å². The molecule has 5 rings (SSSR count). The highest BCUT2D eigenvalue weighted by Gasteiger charge is 2.22. The average molecular weight is 600 g/mol. The second-order valence-electron chi connectivity index (χ2n) is 9.12. The van der Waals surface area contributed by atoms with Crippen LogP contribution in [0, 0.1) is 11.6 Å². The number of anilines is 2. The third-order valence-electron chi connectivity index (χ3n) is 6.08. The highest BCUT2D eigenvalue weighted by Crippen LogP contribution is 2.35. The minimum atomic E-state index is -4.46. The molecule has 0 atom stereocenters. The highest BCUT2D eigenvalue weighted by molar-refractivity contribution is 7.92. The number of halogens is 2. The van der Waals surface area contributed by atoms with E-state index in [0.717, 1.165) is 23.8 Å². The number of sulfonamides is 2. The van der Waals surface area contributed by atoms with E-state index in [1.165, 1.54) is 19.4 Å². The zero-order chi connectivity index (χ0) is 29.5. The number of benzene rings is 3. The molecule has 0 spiro atoms. The highest BCUT2D eigenvalue weighted by atomic mass is 32.2. The Morgan fingerprint density at radius 2 is 1.66 bits per heavy atom. The summed E-state index contributed by atoms with van der Waals surface area (Å²) in [5.74, 6) is -2.21. The first-order chi connectivity index (χ1) is 19.3. The van der Waals surface area contributed by atoms with Gasteiger partial charge >= 0.3 is 0 Å². The summed E-state index contributed by atoms with van der Waals surface area (Å²) in [5.41, 5.74) is 3.59. The van der Waals surface area contributed by atoms with Gasteiger partial charge in [-0.05, 0) is 48.0 Å². The summed E-state index contributed by atoms with van der Waals surface area (Å²) in [6, 6.07) is 15.9. The zero-order valence-electron chi connectivity index (χ0n) is 21.9. The molecule has 0 saturated heterocycles.